The standard InChI is InChI=1S/C21H24IN5O3/c1-21(2,3)30-20(29)27-8-4-5-12(11-27)25-18-13-6-7-23-9-14(13)16-17(26-18)15(22)10-24-19(16)28/h6-7,9-10,12H,4-5,8,11H2,1-3H3,(H,24,28)(H,25,26)/t12-/m0/s1. The summed E-state index contributed by atoms with van der Waals surface area (Å²) in [7, 11) is 0. The molecule has 2 N–H and O–H groups in total. The van der Waals surface area contributed by atoms with E-state index in [9.17, 15) is 9.59 Å². The Bertz CT molecular complexity index is 1170. The highest BCUT2D eigenvalue weighted by molar-refractivity contribution is 14.1. The summed E-state index contributed by atoms with van der Waals surface area (Å²) in [5, 5.41) is 5.63. The topological polar surface area (TPSA) is 100 Å². The van der Waals surface area contributed by atoms with Gasteiger partial charge in [0, 0.05) is 48.5 Å². The number of hydrogen-bond acceptors (Lipinski definition) is 6. The van der Waals surface area contributed by atoms with E-state index in [1.165, 1.54) is 0 Å². The second-order valence-corrected chi connectivity index (χ2v) is 9.64. The average Bonchev–Trinajstić information content (AvgIpc) is 2.70. The van der Waals surface area contributed by atoms with E-state index < -0.39 is 5.60 Å². The van der Waals surface area contributed by atoms with Crippen LogP contribution < -0.4 is 10.9 Å². The van der Waals surface area contributed by atoms with Gasteiger partial charge < -0.3 is 19.9 Å². The number of pyridine rings is 3. The highest BCUT2D eigenvalue weighted by Gasteiger charge is 2.28. The minimum absolute atomic E-state index is 0.0345. The third-order valence-corrected chi connectivity index (χ3v) is 5.83. The van der Waals surface area contributed by atoms with Crippen LogP contribution in [0, 0.1) is 3.57 Å². The fourth-order valence-corrected chi connectivity index (χ4v) is 4.26. The molecule has 1 aliphatic rings. The second kappa shape index (κ2) is 8.01. The van der Waals surface area contributed by atoms with Crippen LogP contribution in [-0.4, -0.2) is 50.7 Å². The van der Waals surface area contributed by atoms with Crippen molar-refractivity contribution in [3.8, 4) is 0 Å². The van der Waals surface area contributed by atoms with Crippen molar-refractivity contribution in [2.24, 2.45) is 0 Å². The Morgan fingerprint density at radius 1 is 1.37 bits per heavy atom. The Morgan fingerprint density at radius 2 is 2.17 bits per heavy atom. The summed E-state index contributed by atoms with van der Waals surface area (Å²) in [6.45, 7) is 6.82. The van der Waals surface area contributed by atoms with E-state index in [1.54, 1.807) is 23.5 Å². The summed E-state index contributed by atoms with van der Waals surface area (Å²) in [6.07, 6.45) is 6.55. The maximum atomic E-state index is 12.5. The zero-order chi connectivity index (χ0) is 21.5. The Hall–Kier alpha value is -2.43. The lowest BCUT2D eigenvalue weighted by atomic mass is 10.0. The molecule has 0 radical (unpaired) electrons. The number of anilines is 1. The van der Waals surface area contributed by atoms with Gasteiger partial charge in [0.2, 0.25) is 0 Å². The molecule has 3 aromatic rings. The maximum absolute atomic E-state index is 12.5. The monoisotopic (exact) mass is 521 g/mol. The molecule has 0 aliphatic carbocycles. The van der Waals surface area contributed by atoms with Gasteiger partial charge in [-0.25, -0.2) is 9.78 Å². The smallest absolute Gasteiger partial charge is 0.410 e. The molecule has 9 heteroatoms. The molecular weight excluding hydrogens is 497 g/mol. The lowest BCUT2D eigenvalue weighted by Gasteiger charge is -2.34. The normalized spacial score (nSPS) is 17.3. The van der Waals surface area contributed by atoms with Gasteiger partial charge in [-0.3, -0.25) is 9.78 Å². The Kier molecular flexibility index (Phi) is 5.56. The molecule has 158 valence electrons. The summed E-state index contributed by atoms with van der Waals surface area (Å²) in [5.74, 6) is 0.694. The first-order valence-electron chi connectivity index (χ1n) is 9.92. The van der Waals surface area contributed by atoms with Crippen molar-refractivity contribution >= 4 is 56.2 Å². The molecule has 1 aliphatic heterocycles. The van der Waals surface area contributed by atoms with Crippen LogP contribution in [0.2, 0.25) is 0 Å². The highest BCUT2D eigenvalue weighted by Crippen LogP contribution is 2.30. The Morgan fingerprint density at radius 3 is 2.93 bits per heavy atom. The van der Waals surface area contributed by atoms with E-state index in [0.717, 1.165) is 27.2 Å². The Balaban J connectivity index is 1.67. The number of aromatic amines is 1. The first kappa shape index (κ1) is 20.8. The van der Waals surface area contributed by atoms with E-state index >= 15 is 0 Å². The SMILES string of the molecule is CC(C)(C)OC(=O)N1CCC[C@H](Nc2nc3c(I)c[nH]c(=O)c3c3cnccc23)C1. The molecule has 4 heterocycles. The Labute approximate surface area is 187 Å². The van der Waals surface area contributed by atoms with E-state index in [1.807, 2.05) is 26.8 Å². The third-order valence-electron chi connectivity index (χ3n) is 5.00. The van der Waals surface area contributed by atoms with Gasteiger partial charge in [-0.1, -0.05) is 0 Å². The lowest BCUT2D eigenvalue weighted by molar-refractivity contribution is 0.0206. The number of aromatic nitrogens is 3. The van der Waals surface area contributed by atoms with Gasteiger partial charge in [-0.05, 0) is 62.3 Å². The van der Waals surface area contributed by atoms with E-state index in [0.29, 0.717) is 29.8 Å². The van der Waals surface area contributed by atoms with Crippen molar-refractivity contribution in [2.75, 3.05) is 18.4 Å². The molecule has 1 saturated heterocycles. The number of carbonyl (C=O) groups excluding carboxylic acids is 1. The first-order chi connectivity index (χ1) is 14.2. The molecule has 1 fully saturated rings. The van der Waals surface area contributed by atoms with Gasteiger partial charge in [0.15, 0.2) is 0 Å². The maximum Gasteiger partial charge on any atom is 0.410 e. The number of likely N-dealkylation sites (tertiary alicyclic amines) is 1. The number of halogens is 1. The average molecular weight is 521 g/mol. The fraction of sp³-hybridized carbons (Fsp3) is 0.429. The minimum Gasteiger partial charge on any atom is -0.444 e. The number of piperidine rings is 1. The molecule has 0 spiro atoms. The van der Waals surface area contributed by atoms with Gasteiger partial charge in [0.05, 0.1) is 14.5 Å². The van der Waals surface area contributed by atoms with Crippen molar-refractivity contribution in [2.45, 2.75) is 45.3 Å². The molecule has 0 unspecified atom stereocenters. The molecule has 4 rings (SSSR count). The van der Waals surface area contributed by atoms with E-state index in [4.69, 9.17) is 9.72 Å². The van der Waals surface area contributed by atoms with Crippen molar-refractivity contribution in [1.82, 2.24) is 19.9 Å². The van der Waals surface area contributed by atoms with Crippen molar-refractivity contribution in [1.29, 1.82) is 0 Å². The third kappa shape index (κ3) is 4.21. The van der Waals surface area contributed by atoms with Crippen LogP contribution in [0.4, 0.5) is 10.6 Å². The van der Waals surface area contributed by atoms with Gasteiger partial charge in [-0.15, -0.1) is 0 Å². The summed E-state index contributed by atoms with van der Waals surface area (Å²) in [5.41, 5.74) is -0.0667. The van der Waals surface area contributed by atoms with E-state index in [2.05, 4.69) is 37.9 Å². The summed E-state index contributed by atoms with van der Waals surface area (Å²) in [6, 6.07) is 1.89. The number of rotatable bonds is 2. The zero-order valence-electron chi connectivity index (χ0n) is 17.2. The van der Waals surface area contributed by atoms with Crippen LogP contribution >= 0.6 is 22.6 Å². The molecule has 30 heavy (non-hydrogen) atoms. The van der Waals surface area contributed by atoms with Crippen LogP contribution in [0.1, 0.15) is 33.6 Å². The minimum atomic E-state index is -0.524. The predicted molar refractivity (Wildman–Crippen MR) is 125 cm³/mol. The summed E-state index contributed by atoms with van der Waals surface area (Å²) >= 11 is 2.17. The number of hydrogen-bond donors (Lipinski definition) is 2. The van der Waals surface area contributed by atoms with Crippen LogP contribution in [0.25, 0.3) is 21.7 Å². The fourth-order valence-electron chi connectivity index (χ4n) is 3.72. The predicted octanol–water partition coefficient (Wildman–Crippen LogP) is 3.89. The molecule has 1 atom stereocenters. The van der Waals surface area contributed by atoms with Crippen LogP contribution in [0.5, 0.6) is 0 Å². The van der Waals surface area contributed by atoms with Crippen LogP contribution in [0.15, 0.2) is 29.5 Å². The number of fused-ring (bicyclic) bond motifs is 3. The molecule has 0 bridgehead atoms. The molecule has 1 amide bonds. The lowest BCUT2D eigenvalue weighted by Crippen LogP contribution is -2.47. The molecule has 8 nitrogen and oxygen atoms in total. The quantitative estimate of drug-likeness (QED) is 0.392. The van der Waals surface area contributed by atoms with Crippen LogP contribution in [0.3, 0.4) is 0 Å². The number of nitrogens with zero attached hydrogens (tertiary/aromatic N) is 3. The molecule has 3 aromatic heterocycles. The molecular formula is C21H24IN5O3. The number of nitrogens with one attached hydrogen (secondary N) is 2. The first-order valence-corrected chi connectivity index (χ1v) is 11.0. The van der Waals surface area contributed by atoms with Gasteiger partial charge in [-0.2, -0.15) is 0 Å². The van der Waals surface area contributed by atoms with Crippen molar-refractivity contribution < 1.29 is 9.53 Å². The highest BCUT2D eigenvalue weighted by atomic mass is 127. The largest absolute Gasteiger partial charge is 0.444 e. The number of H-pyrrole nitrogens is 1. The van der Waals surface area contributed by atoms with Crippen molar-refractivity contribution in [3.63, 3.8) is 0 Å². The molecule has 0 saturated carbocycles. The van der Waals surface area contributed by atoms with E-state index in [-0.39, 0.29) is 17.7 Å². The van der Waals surface area contributed by atoms with Gasteiger partial charge >= 0.3 is 6.09 Å². The number of ether oxygens (including phenoxy) is 1. The summed E-state index contributed by atoms with van der Waals surface area (Å²) in [4.78, 5) is 38.5. The zero-order valence-corrected chi connectivity index (χ0v) is 19.3. The molecule has 0 aromatic carbocycles. The van der Waals surface area contributed by atoms with Gasteiger partial charge in [0.25, 0.3) is 5.56 Å². The van der Waals surface area contributed by atoms with Crippen LogP contribution in [-0.2, 0) is 4.74 Å². The number of carbonyl (C=O) groups is 1. The number of amides is 1. The second-order valence-electron chi connectivity index (χ2n) is 8.48. The van der Waals surface area contributed by atoms with Gasteiger partial charge in [0.1, 0.15) is 11.4 Å². The summed E-state index contributed by atoms with van der Waals surface area (Å²) < 4.78 is 6.39. The van der Waals surface area contributed by atoms with Crippen molar-refractivity contribution in [3.05, 3.63) is 38.6 Å².